The van der Waals surface area contributed by atoms with Crippen LogP contribution in [0.3, 0.4) is 0 Å². The molecular weight excluding hydrogens is 420 g/mol. The number of likely N-dealkylation sites (N-methyl/N-ethyl adjacent to an activating group) is 1. The van der Waals surface area contributed by atoms with Crippen molar-refractivity contribution in [1.29, 1.82) is 0 Å². The molecule has 21 heavy (non-hydrogen) atoms. The Hall–Kier alpha value is -0.420. The van der Waals surface area contributed by atoms with E-state index in [1.807, 2.05) is 25.1 Å². The second-order valence-corrected chi connectivity index (χ2v) is 6.86. The molecule has 2 aromatic rings. The standard InChI is InChI=1S/C16H15Br2ClFN/c1-2-21-16(11-8-10(17)6-7-13(11)18)9-12-14(19)4-3-5-15(12)20/h3-8,16,21H,2,9H2,1H3. The van der Waals surface area contributed by atoms with Crippen LogP contribution in [0.5, 0.6) is 0 Å². The Morgan fingerprint density at radius 1 is 1.24 bits per heavy atom. The van der Waals surface area contributed by atoms with Gasteiger partial charge in [-0.15, -0.1) is 0 Å². The molecule has 0 aromatic heterocycles. The van der Waals surface area contributed by atoms with E-state index in [4.69, 9.17) is 11.6 Å². The predicted molar refractivity (Wildman–Crippen MR) is 93.4 cm³/mol. The van der Waals surface area contributed by atoms with Crippen LogP contribution in [0.4, 0.5) is 4.39 Å². The van der Waals surface area contributed by atoms with Crippen molar-refractivity contribution in [3.05, 3.63) is 67.3 Å². The molecule has 1 atom stereocenters. The summed E-state index contributed by atoms with van der Waals surface area (Å²) in [6, 6.07) is 10.7. The van der Waals surface area contributed by atoms with E-state index < -0.39 is 0 Å². The molecule has 0 radical (unpaired) electrons. The zero-order valence-corrected chi connectivity index (χ0v) is 15.4. The summed E-state index contributed by atoms with van der Waals surface area (Å²) in [7, 11) is 0. The second kappa shape index (κ2) is 7.73. The Balaban J connectivity index is 2.38. The second-order valence-electron chi connectivity index (χ2n) is 4.68. The maximum Gasteiger partial charge on any atom is 0.127 e. The van der Waals surface area contributed by atoms with Crippen molar-refractivity contribution in [1.82, 2.24) is 5.32 Å². The largest absolute Gasteiger partial charge is 0.310 e. The van der Waals surface area contributed by atoms with Crippen LogP contribution in [-0.2, 0) is 6.42 Å². The lowest BCUT2D eigenvalue weighted by Crippen LogP contribution is -2.24. The minimum Gasteiger partial charge on any atom is -0.310 e. The maximum absolute atomic E-state index is 14.0. The van der Waals surface area contributed by atoms with E-state index >= 15 is 0 Å². The summed E-state index contributed by atoms with van der Waals surface area (Å²) in [4.78, 5) is 0. The van der Waals surface area contributed by atoms with Crippen LogP contribution in [0.1, 0.15) is 24.1 Å². The molecule has 0 bridgehead atoms. The van der Waals surface area contributed by atoms with Gasteiger partial charge in [-0.05, 0) is 48.9 Å². The van der Waals surface area contributed by atoms with Gasteiger partial charge in [0.05, 0.1) is 0 Å². The molecular formula is C16H15Br2ClFN. The lowest BCUT2D eigenvalue weighted by Gasteiger charge is -2.21. The van der Waals surface area contributed by atoms with Crippen molar-refractivity contribution in [2.75, 3.05) is 6.54 Å². The van der Waals surface area contributed by atoms with Gasteiger partial charge in [0.2, 0.25) is 0 Å². The average Bonchev–Trinajstić information content (AvgIpc) is 2.44. The van der Waals surface area contributed by atoms with E-state index in [1.165, 1.54) is 6.07 Å². The molecule has 1 N–H and O–H groups in total. The van der Waals surface area contributed by atoms with E-state index in [9.17, 15) is 4.39 Å². The van der Waals surface area contributed by atoms with Crippen molar-refractivity contribution < 1.29 is 4.39 Å². The van der Waals surface area contributed by atoms with Gasteiger partial charge in [-0.25, -0.2) is 4.39 Å². The van der Waals surface area contributed by atoms with Crippen LogP contribution in [-0.4, -0.2) is 6.54 Å². The molecule has 2 aromatic carbocycles. The number of hydrogen-bond acceptors (Lipinski definition) is 1. The Kier molecular flexibility index (Phi) is 6.23. The Morgan fingerprint density at radius 3 is 2.67 bits per heavy atom. The molecule has 1 nitrogen and oxygen atoms in total. The van der Waals surface area contributed by atoms with Crippen molar-refractivity contribution in [2.45, 2.75) is 19.4 Å². The zero-order valence-electron chi connectivity index (χ0n) is 11.5. The first-order valence-electron chi connectivity index (χ1n) is 6.64. The number of benzene rings is 2. The minimum atomic E-state index is -0.267. The first-order chi connectivity index (χ1) is 10.0. The molecule has 5 heteroatoms. The third kappa shape index (κ3) is 4.28. The van der Waals surface area contributed by atoms with E-state index in [1.54, 1.807) is 12.1 Å². The predicted octanol–water partition coefficient (Wildman–Crippen LogP) is 5.90. The molecule has 1 unspecified atom stereocenters. The fourth-order valence-corrected chi connectivity index (χ4v) is 3.39. The summed E-state index contributed by atoms with van der Waals surface area (Å²) < 4.78 is 16.0. The fraction of sp³-hybridized carbons (Fsp3) is 0.250. The number of halogens is 4. The van der Waals surface area contributed by atoms with E-state index in [0.717, 1.165) is 21.1 Å². The van der Waals surface area contributed by atoms with Crippen LogP contribution in [0.15, 0.2) is 45.3 Å². The highest BCUT2D eigenvalue weighted by molar-refractivity contribution is 9.11. The molecule has 0 amide bonds. The van der Waals surface area contributed by atoms with Crippen LogP contribution in [0, 0.1) is 5.82 Å². The quantitative estimate of drug-likeness (QED) is 0.617. The number of hydrogen-bond donors (Lipinski definition) is 1. The molecule has 0 aliphatic rings. The molecule has 0 heterocycles. The molecule has 0 saturated carbocycles. The zero-order chi connectivity index (χ0) is 15.4. The number of nitrogens with one attached hydrogen (secondary N) is 1. The van der Waals surface area contributed by atoms with Crippen LogP contribution in [0.2, 0.25) is 5.02 Å². The number of rotatable bonds is 5. The lowest BCUT2D eigenvalue weighted by molar-refractivity contribution is 0.526. The Labute approximate surface area is 146 Å². The fourth-order valence-electron chi connectivity index (χ4n) is 2.25. The van der Waals surface area contributed by atoms with Gasteiger partial charge < -0.3 is 5.32 Å². The third-order valence-corrected chi connectivity index (χ3v) is 4.82. The summed E-state index contributed by atoms with van der Waals surface area (Å²) >= 11 is 13.2. The highest BCUT2D eigenvalue weighted by atomic mass is 79.9. The minimum absolute atomic E-state index is 0.0173. The van der Waals surface area contributed by atoms with Gasteiger partial charge in [0, 0.05) is 25.6 Å². The van der Waals surface area contributed by atoms with Crippen molar-refractivity contribution in [3.8, 4) is 0 Å². The third-order valence-electron chi connectivity index (χ3n) is 3.25. The average molecular weight is 436 g/mol. The highest BCUT2D eigenvalue weighted by Gasteiger charge is 2.18. The monoisotopic (exact) mass is 433 g/mol. The molecule has 0 aliphatic carbocycles. The Bertz CT molecular complexity index is 613. The van der Waals surface area contributed by atoms with Crippen molar-refractivity contribution in [3.63, 3.8) is 0 Å². The van der Waals surface area contributed by atoms with Gasteiger partial charge in [0.1, 0.15) is 5.82 Å². The van der Waals surface area contributed by atoms with E-state index in [2.05, 4.69) is 37.2 Å². The van der Waals surface area contributed by atoms with Crippen LogP contribution < -0.4 is 5.32 Å². The van der Waals surface area contributed by atoms with Gasteiger partial charge in [0.15, 0.2) is 0 Å². The topological polar surface area (TPSA) is 12.0 Å². The van der Waals surface area contributed by atoms with Gasteiger partial charge in [-0.3, -0.25) is 0 Å². The summed E-state index contributed by atoms with van der Waals surface area (Å²) in [6.45, 7) is 2.82. The molecule has 0 aliphatic heterocycles. The van der Waals surface area contributed by atoms with E-state index in [-0.39, 0.29) is 11.9 Å². The van der Waals surface area contributed by atoms with Crippen molar-refractivity contribution in [2.24, 2.45) is 0 Å². The first-order valence-corrected chi connectivity index (χ1v) is 8.60. The summed E-state index contributed by atoms with van der Waals surface area (Å²) in [5.41, 5.74) is 1.61. The van der Waals surface area contributed by atoms with Gasteiger partial charge in [0.25, 0.3) is 0 Å². The summed E-state index contributed by atoms with van der Waals surface area (Å²) in [5, 5.41) is 3.86. The molecule has 0 spiro atoms. The molecule has 2 rings (SSSR count). The van der Waals surface area contributed by atoms with Crippen molar-refractivity contribution >= 4 is 43.5 Å². The molecule has 0 saturated heterocycles. The smallest absolute Gasteiger partial charge is 0.127 e. The van der Waals surface area contributed by atoms with E-state index in [0.29, 0.717) is 17.0 Å². The highest BCUT2D eigenvalue weighted by Crippen LogP contribution is 2.31. The summed E-state index contributed by atoms with van der Waals surface area (Å²) in [6.07, 6.45) is 0.494. The Morgan fingerprint density at radius 2 is 2.00 bits per heavy atom. The van der Waals surface area contributed by atoms with Crippen LogP contribution >= 0.6 is 43.5 Å². The normalized spacial score (nSPS) is 12.4. The molecule has 112 valence electrons. The van der Waals surface area contributed by atoms with Gasteiger partial charge in [-0.2, -0.15) is 0 Å². The van der Waals surface area contributed by atoms with Gasteiger partial charge in [-0.1, -0.05) is 56.5 Å². The van der Waals surface area contributed by atoms with Gasteiger partial charge >= 0.3 is 0 Å². The maximum atomic E-state index is 14.0. The molecule has 0 fully saturated rings. The first kappa shape index (κ1) is 16.9. The SMILES string of the molecule is CCNC(Cc1c(F)cccc1Cl)c1cc(Br)ccc1Br. The summed E-state index contributed by atoms with van der Waals surface area (Å²) in [5.74, 6) is -0.267. The lowest BCUT2D eigenvalue weighted by atomic mass is 9.98. The van der Waals surface area contributed by atoms with Crippen LogP contribution in [0.25, 0.3) is 0 Å².